The molecule has 152 valence electrons. The Balaban J connectivity index is 1.69. The van der Waals surface area contributed by atoms with Crippen molar-refractivity contribution in [3.8, 4) is 5.75 Å². The van der Waals surface area contributed by atoms with Gasteiger partial charge in [0.15, 0.2) is 0 Å². The number of alkyl halides is 3. The van der Waals surface area contributed by atoms with E-state index in [4.69, 9.17) is 16.3 Å². The van der Waals surface area contributed by atoms with Gasteiger partial charge in [0.2, 0.25) is 0 Å². The molecule has 3 aromatic rings. The summed E-state index contributed by atoms with van der Waals surface area (Å²) in [5, 5.41) is 4.24. The maximum absolute atomic E-state index is 12.9. The molecule has 0 spiro atoms. The lowest BCUT2D eigenvalue weighted by Crippen LogP contribution is -2.12. The Hall–Kier alpha value is -2.51. The highest BCUT2D eigenvalue weighted by molar-refractivity contribution is 7.12. The number of hydrogen-bond acceptors (Lipinski definition) is 3. The summed E-state index contributed by atoms with van der Waals surface area (Å²) in [6.07, 6.45) is -4.52. The van der Waals surface area contributed by atoms with Gasteiger partial charge in [0, 0.05) is 5.56 Å². The van der Waals surface area contributed by atoms with E-state index in [2.05, 4.69) is 5.32 Å². The molecule has 0 unspecified atom stereocenters. The summed E-state index contributed by atoms with van der Waals surface area (Å²) >= 11 is 7.11. The Morgan fingerprint density at radius 3 is 2.62 bits per heavy atom. The first-order valence-electron chi connectivity index (χ1n) is 8.59. The monoisotopic (exact) mass is 439 g/mol. The van der Waals surface area contributed by atoms with Crippen LogP contribution in [0.4, 0.5) is 18.9 Å². The van der Waals surface area contributed by atoms with Gasteiger partial charge in [-0.15, -0.1) is 11.3 Å². The number of ether oxygens (including phenoxy) is 1. The number of anilines is 1. The van der Waals surface area contributed by atoms with E-state index in [0.717, 1.165) is 40.6 Å². The third-order valence-corrected chi connectivity index (χ3v) is 5.46. The van der Waals surface area contributed by atoms with Crippen LogP contribution in [-0.4, -0.2) is 5.91 Å². The highest BCUT2D eigenvalue weighted by atomic mass is 35.5. The molecule has 8 heteroatoms. The minimum Gasteiger partial charge on any atom is -0.489 e. The molecule has 29 heavy (non-hydrogen) atoms. The molecular formula is C21H17ClF3NO2S. The van der Waals surface area contributed by atoms with E-state index in [1.165, 1.54) is 11.3 Å². The lowest BCUT2D eigenvalue weighted by molar-refractivity contribution is -0.137. The molecule has 0 fully saturated rings. The smallest absolute Gasteiger partial charge is 0.416 e. The first-order chi connectivity index (χ1) is 13.6. The summed E-state index contributed by atoms with van der Waals surface area (Å²) in [4.78, 5) is 12.8. The summed E-state index contributed by atoms with van der Waals surface area (Å²) in [6.45, 7) is 4.19. The maximum atomic E-state index is 12.9. The lowest BCUT2D eigenvalue weighted by atomic mass is 10.1. The number of hydrogen-bond donors (Lipinski definition) is 1. The SMILES string of the molecule is Cc1ccc(C)c(OCc2csc(C(=O)Nc3cc(C(F)(F)F)ccc3Cl)c2)c1. The van der Waals surface area contributed by atoms with Crippen molar-refractivity contribution in [3.05, 3.63) is 80.0 Å². The van der Waals surface area contributed by atoms with Crippen LogP contribution in [0.1, 0.15) is 31.9 Å². The standard InChI is InChI=1S/C21H17ClF3NO2S/c1-12-3-4-13(2)18(7-12)28-10-14-8-19(29-11-14)20(27)26-17-9-15(21(23,24)25)5-6-16(17)22/h3-9,11H,10H2,1-2H3,(H,26,27). The number of thiophene rings is 1. The van der Waals surface area contributed by atoms with Crippen molar-refractivity contribution < 1.29 is 22.7 Å². The fourth-order valence-corrected chi connectivity index (χ4v) is 3.53. The highest BCUT2D eigenvalue weighted by Crippen LogP contribution is 2.34. The molecule has 1 amide bonds. The maximum Gasteiger partial charge on any atom is 0.416 e. The summed E-state index contributed by atoms with van der Waals surface area (Å²) in [7, 11) is 0. The van der Waals surface area contributed by atoms with Crippen LogP contribution >= 0.6 is 22.9 Å². The Kier molecular flexibility index (Phi) is 6.19. The minimum absolute atomic E-state index is 0.0291. The van der Waals surface area contributed by atoms with E-state index in [0.29, 0.717) is 4.88 Å². The van der Waals surface area contributed by atoms with Gasteiger partial charge in [-0.05, 0) is 60.7 Å². The summed E-state index contributed by atoms with van der Waals surface area (Å²) < 4.78 is 44.4. The minimum atomic E-state index is -4.52. The molecule has 0 aliphatic rings. The van der Waals surface area contributed by atoms with E-state index in [-0.39, 0.29) is 17.3 Å². The van der Waals surface area contributed by atoms with Gasteiger partial charge in [-0.2, -0.15) is 13.2 Å². The van der Waals surface area contributed by atoms with Gasteiger partial charge < -0.3 is 10.1 Å². The summed E-state index contributed by atoms with van der Waals surface area (Å²) in [6, 6.07) is 10.3. The molecule has 1 heterocycles. The number of carbonyl (C=O) groups excluding carboxylic acids is 1. The van der Waals surface area contributed by atoms with Crippen LogP contribution in [-0.2, 0) is 12.8 Å². The largest absolute Gasteiger partial charge is 0.489 e. The molecule has 0 saturated carbocycles. The van der Waals surface area contributed by atoms with Gasteiger partial charge in [-0.3, -0.25) is 4.79 Å². The van der Waals surface area contributed by atoms with Crippen LogP contribution < -0.4 is 10.1 Å². The van der Waals surface area contributed by atoms with Gasteiger partial charge in [0.1, 0.15) is 12.4 Å². The van der Waals surface area contributed by atoms with Crippen LogP contribution in [0.25, 0.3) is 0 Å². The Labute approximate surface area is 175 Å². The Bertz CT molecular complexity index is 1050. The Morgan fingerprint density at radius 1 is 1.14 bits per heavy atom. The number of aryl methyl sites for hydroxylation is 2. The van der Waals surface area contributed by atoms with E-state index in [9.17, 15) is 18.0 Å². The van der Waals surface area contributed by atoms with E-state index < -0.39 is 17.6 Å². The van der Waals surface area contributed by atoms with E-state index in [1.807, 2.05) is 32.0 Å². The summed E-state index contributed by atoms with van der Waals surface area (Å²) in [5.74, 6) is 0.229. The van der Waals surface area contributed by atoms with Gasteiger partial charge in [0.25, 0.3) is 5.91 Å². The molecule has 3 rings (SSSR count). The highest BCUT2D eigenvalue weighted by Gasteiger charge is 2.31. The molecule has 1 N–H and O–H groups in total. The fourth-order valence-electron chi connectivity index (χ4n) is 2.58. The topological polar surface area (TPSA) is 38.3 Å². The van der Waals surface area contributed by atoms with Gasteiger partial charge in [-0.1, -0.05) is 23.7 Å². The molecule has 0 radical (unpaired) electrons. The number of halogens is 4. The number of nitrogens with one attached hydrogen (secondary N) is 1. The molecule has 0 bridgehead atoms. The molecule has 0 aliphatic carbocycles. The van der Waals surface area contributed by atoms with E-state index >= 15 is 0 Å². The first-order valence-corrected chi connectivity index (χ1v) is 9.85. The van der Waals surface area contributed by atoms with Crippen molar-refractivity contribution in [3.63, 3.8) is 0 Å². The van der Waals surface area contributed by atoms with Crippen LogP contribution in [0, 0.1) is 13.8 Å². The first kappa shape index (κ1) is 21.2. The quantitative estimate of drug-likeness (QED) is 0.471. The van der Waals surface area contributed by atoms with Crippen LogP contribution in [0.3, 0.4) is 0 Å². The van der Waals surface area contributed by atoms with Crippen molar-refractivity contribution in [1.29, 1.82) is 0 Å². The van der Waals surface area contributed by atoms with Crippen molar-refractivity contribution in [2.75, 3.05) is 5.32 Å². The van der Waals surface area contributed by atoms with Crippen molar-refractivity contribution in [2.24, 2.45) is 0 Å². The number of carbonyl (C=O) groups is 1. The zero-order valence-electron chi connectivity index (χ0n) is 15.6. The lowest BCUT2D eigenvalue weighted by Gasteiger charge is -2.11. The molecule has 1 aromatic heterocycles. The van der Waals surface area contributed by atoms with E-state index in [1.54, 1.807) is 11.4 Å². The summed E-state index contributed by atoms with van der Waals surface area (Å²) in [5.41, 5.74) is 1.90. The molecule has 0 aliphatic heterocycles. The average Bonchev–Trinajstić information content (AvgIpc) is 3.12. The van der Waals surface area contributed by atoms with Crippen LogP contribution in [0.5, 0.6) is 5.75 Å². The van der Waals surface area contributed by atoms with Gasteiger partial charge >= 0.3 is 6.18 Å². The fraction of sp³-hybridized carbons (Fsp3) is 0.190. The predicted octanol–water partition coefficient (Wildman–Crippen LogP) is 6.87. The van der Waals surface area contributed by atoms with Crippen molar-refractivity contribution in [1.82, 2.24) is 0 Å². The second-order valence-electron chi connectivity index (χ2n) is 6.52. The van der Waals surface area contributed by atoms with Crippen molar-refractivity contribution in [2.45, 2.75) is 26.6 Å². The average molecular weight is 440 g/mol. The van der Waals surface area contributed by atoms with Crippen LogP contribution in [0.2, 0.25) is 5.02 Å². The predicted molar refractivity (Wildman–Crippen MR) is 109 cm³/mol. The normalized spacial score (nSPS) is 11.4. The molecule has 0 atom stereocenters. The van der Waals surface area contributed by atoms with Crippen molar-refractivity contribution >= 4 is 34.5 Å². The number of benzene rings is 2. The zero-order chi connectivity index (χ0) is 21.2. The third kappa shape index (κ3) is 5.31. The second kappa shape index (κ2) is 8.47. The van der Waals surface area contributed by atoms with Gasteiger partial charge in [0.05, 0.1) is 21.2 Å². The van der Waals surface area contributed by atoms with Gasteiger partial charge in [-0.25, -0.2) is 0 Å². The molecule has 0 saturated heterocycles. The number of amides is 1. The Morgan fingerprint density at radius 2 is 1.90 bits per heavy atom. The molecular weight excluding hydrogens is 423 g/mol. The van der Waals surface area contributed by atoms with Crippen LogP contribution in [0.15, 0.2) is 47.8 Å². The molecule has 2 aromatic carbocycles. The second-order valence-corrected chi connectivity index (χ2v) is 7.84. The number of rotatable bonds is 5. The molecule has 3 nitrogen and oxygen atoms in total. The zero-order valence-corrected chi connectivity index (χ0v) is 17.1. The third-order valence-electron chi connectivity index (χ3n) is 4.16.